The maximum atomic E-state index is 12.2. The Morgan fingerprint density at radius 3 is 1.70 bits per heavy atom. The molecule has 0 aliphatic carbocycles. The van der Waals surface area contributed by atoms with Gasteiger partial charge in [0.25, 0.3) is 0 Å². The van der Waals surface area contributed by atoms with Crippen molar-refractivity contribution in [1.29, 1.82) is 0 Å². The lowest BCUT2D eigenvalue weighted by Crippen LogP contribution is -2.54. The fraction of sp³-hybridized carbons (Fsp3) is 0.727. The summed E-state index contributed by atoms with van der Waals surface area (Å²) in [7, 11) is 0. The molecule has 0 fully saturated rings. The molecule has 0 aromatic rings. The summed E-state index contributed by atoms with van der Waals surface area (Å²) in [5.41, 5.74) is 0. The summed E-state index contributed by atoms with van der Waals surface area (Å²) >= 11 is 0. The van der Waals surface area contributed by atoms with Crippen molar-refractivity contribution in [2.45, 2.75) is 51.4 Å². The monoisotopic (exact) mass is 353 g/mol. The van der Waals surface area contributed by atoms with Crippen LogP contribution in [0.4, 0.5) is 26.3 Å². The first kappa shape index (κ1) is 21.0. The van der Waals surface area contributed by atoms with E-state index in [1.54, 1.807) is 0 Å². The molecule has 0 aliphatic heterocycles. The van der Waals surface area contributed by atoms with Crippen LogP contribution in [0.3, 0.4) is 0 Å². The highest BCUT2D eigenvalue weighted by molar-refractivity contribution is 5.88. The van der Waals surface area contributed by atoms with Gasteiger partial charge in [0.15, 0.2) is 6.04 Å². The number of alkyl halides is 6. The summed E-state index contributed by atoms with van der Waals surface area (Å²) in [5.74, 6) is -6.81. The Morgan fingerprint density at radius 2 is 1.35 bits per heavy atom. The quantitative estimate of drug-likeness (QED) is 0.598. The van der Waals surface area contributed by atoms with E-state index in [9.17, 15) is 40.7 Å². The first-order valence-electron chi connectivity index (χ1n) is 6.02. The van der Waals surface area contributed by atoms with Gasteiger partial charge < -0.3 is 14.8 Å². The molecule has 12 heteroatoms. The Morgan fingerprint density at radius 1 is 0.870 bits per heavy atom. The van der Waals surface area contributed by atoms with E-state index in [-0.39, 0.29) is 0 Å². The van der Waals surface area contributed by atoms with Crippen molar-refractivity contribution in [3.63, 3.8) is 0 Å². The van der Waals surface area contributed by atoms with Crippen LogP contribution in [-0.4, -0.2) is 48.4 Å². The summed E-state index contributed by atoms with van der Waals surface area (Å²) in [6, 6.07) is -2.27. The normalized spacial score (nSPS) is 14.9. The number of rotatable bonds is 5. The van der Waals surface area contributed by atoms with Gasteiger partial charge in [-0.15, -0.1) is 0 Å². The molecule has 0 saturated carbocycles. The number of hydrogen-bond donors (Lipinski definition) is 1. The fourth-order valence-corrected chi connectivity index (χ4v) is 1.20. The molecule has 2 atom stereocenters. The van der Waals surface area contributed by atoms with Crippen LogP contribution in [0.2, 0.25) is 0 Å². The van der Waals surface area contributed by atoms with Crippen LogP contribution in [0.5, 0.6) is 0 Å². The van der Waals surface area contributed by atoms with Gasteiger partial charge in [-0.1, -0.05) is 0 Å². The molecule has 0 aromatic heterocycles. The Balaban J connectivity index is 5.22. The van der Waals surface area contributed by atoms with Crippen LogP contribution in [0.15, 0.2) is 0 Å². The minimum absolute atomic E-state index is 0.701. The molecule has 0 unspecified atom stereocenters. The summed E-state index contributed by atoms with van der Waals surface area (Å²) in [6.07, 6.45) is -13.7. The minimum atomic E-state index is -5.42. The zero-order valence-electron chi connectivity index (χ0n) is 12.0. The smallest absolute Gasteiger partial charge is 0.461 e. The molecule has 0 spiro atoms. The molecular formula is C11H13F6NO5. The second-order valence-corrected chi connectivity index (χ2v) is 4.54. The van der Waals surface area contributed by atoms with Gasteiger partial charge >= 0.3 is 30.2 Å². The number of nitrogens with one attached hydrogen (secondary N) is 1. The number of halogens is 6. The second-order valence-electron chi connectivity index (χ2n) is 4.54. The molecule has 1 N–H and O–H groups in total. The van der Waals surface area contributed by atoms with Gasteiger partial charge in [0.05, 0.1) is 6.10 Å². The summed E-state index contributed by atoms with van der Waals surface area (Å²) in [5, 5.41) is 1.14. The predicted octanol–water partition coefficient (Wildman–Crippen LogP) is 1.48. The van der Waals surface area contributed by atoms with Gasteiger partial charge in [0, 0.05) is 0 Å². The molecule has 0 heterocycles. The van der Waals surface area contributed by atoms with Crippen molar-refractivity contribution >= 4 is 17.8 Å². The highest BCUT2D eigenvalue weighted by atomic mass is 19.4. The van der Waals surface area contributed by atoms with E-state index in [4.69, 9.17) is 0 Å². The molecule has 1 amide bonds. The molecule has 23 heavy (non-hydrogen) atoms. The van der Waals surface area contributed by atoms with E-state index in [0.29, 0.717) is 6.92 Å². The molecule has 0 aromatic carbocycles. The van der Waals surface area contributed by atoms with Crippen LogP contribution >= 0.6 is 0 Å². The molecule has 0 bridgehead atoms. The maximum Gasteiger partial charge on any atom is 0.490 e. The Bertz CT molecular complexity index is 459. The molecule has 0 saturated heterocycles. The van der Waals surface area contributed by atoms with Crippen molar-refractivity contribution in [2.75, 3.05) is 0 Å². The summed E-state index contributed by atoms with van der Waals surface area (Å²) in [6.45, 7) is 3.33. The van der Waals surface area contributed by atoms with E-state index in [1.165, 1.54) is 13.8 Å². The number of hydrogen-bond acceptors (Lipinski definition) is 5. The Labute approximate surface area is 126 Å². The van der Waals surface area contributed by atoms with Gasteiger partial charge in [0.1, 0.15) is 6.10 Å². The summed E-state index contributed by atoms with van der Waals surface area (Å²) < 4.78 is 81.2. The second kappa shape index (κ2) is 7.51. The minimum Gasteiger partial charge on any atom is -0.461 e. The lowest BCUT2D eigenvalue weighted by Gasteiger charge is -2.25. The average molecular weight is 353 g/mol. The van der Waals surface area contributed by atoms with Crippen LogP contribution in [0, 0.1) is 0 Å². The van der Waals surface area contributed by atoms with Gasteiger partial charge in [-0.2, -0.15) is 26.3 Å². The number of amides is 1. The van der Waals surface area contributed by atoms with E-state index < -0.39 is 48.4 Å². The van der Waals surface area contributed by atoms with Crippen LogP contribution in [-0.2, 0) is 23.9 Å². The third-order valence-corrected chi connectivity index (χ3v) is 2.14. The number of esters is 2. The Hall–Kier alpha value is -2.01. The standard InChI is InChI=1S/C11H13F6NO5/c1-4(2)22-7(19)6(18-8(20)10(12,13)14)5(3)23-9(21)11(15,16)17/h4-6H,1-3H3,(H,18,20)/t5-,6+/m1/s1. The van der Waals surface area contributed by atoms with Crippen molar-refractivity contribution in [1.82, 2.24) is 5.32 Å². The van der Waals surface area contributed by atoms with Crippen molar-refractivity contribution < 1.29 is 50.2 Å². The topological polar surface area (TPSA) is 81.7 Å². The summed E-state index contributed by atoms with van der Waals surface area (Å²) in [4.78, 5) is 33.1. The molecule has 0 radical (unpaired) electrons. The van der Waals surface area contributed by atoms with Gasteiger partial charge in [-0.3, -0.25) is 4.79 Å². The third-order valence-electron chi connectivity index (χ3n) is 2.14. The lowest BCUT2D eigenvalue weighted by atomic mass is 10.1. The van der Waals surface area contributed by atoms with E-state index >= 15 is 0 Å². The van der Waals surface area contributed by atoms with Gasteiger partial charge in [0.2, 0.25) is 0 Å². The van der Waals surface area contributed by atoms with Crippen LogP contribution < -0.4 is 5.32 Å². The number of carbonyl (C=O) groups is 3. The first-order valence-corrected chi connectivity index (χ1v) is 6.02. The molecule has 134 valence electrons. The zero-order chi connectivity index (χ0) is 18.6. The van der Waals surface area contributed by atoms with E-state index in [2.05, 4.69) is 9.47 Å². The molecule has 6 nitrogen and oxygen atoms in total. The fourth-order valence-electron chi connectivity index (χ4n) is 1.20. The van der Waals surface area contributed by atoms with E-state index in [0.717, 1.165) is 5.32 Å². The third kappa shape index (κ3) is 7.19. The maximum absolute atomic E-state index is 12.2. The largest absolute Gasteiger partial charge is 0.490 e. The molecule has 0 rings (SSSR count). The van der Waals surface area contributed by atoms with E-state index in [1.807, 2.05) is 0 Å². The molecule has 0 aliphatic rings. The molecular weight excluding hydrogens is 340 g/mol. The first-order chi connectivity index (χ1) is 10.2. The van der Waals surface area contributed by atoms with Gasteiger partial charge in [-0.25, -0.2) is 9.59 Å². The SMILES string of the molecule is CC(C)OC(=O)[C@@H](NC(=O)C(F)(F)F)[C@@H](C)OC(=O)C(F)(F)F. The Kier molecular flexibility index (Phi) is 6.85. The van der Waals surface area contributed by atoms with Crippen molar-refractivity contribution in [3.05, 3.63) is 0 Å². The van der Waals surface area contributed by atoms with Gasteiger partial charge in [-0.05, 0) is 20.8 Å². The zero-order valence-corrected chi connectivity index (χ0v) is 12.0. The predicted molar refractivity (Wildman–Crippen MR) is 60.8 cm³/mol. The highest BCUT2D eigenvalue weighted by Crippen LogP contribution is 2.20. The number of ether oxygens (including phenoxy) is 2. The van der Waals surface area contributed by atoms with Crippen molar-refractivity contribution in [2.24, 2.45) is 0 Å². The lowest BCUT2D eigenvalue weighted by molar-refractivity contribution is -0.206. The highest BCUT2D eigenvalue weighted by Gasteiger charge is 2.46. The van der Waals surface area contributed by atoms with Crippen molar-refractivity contribution in [3.8, 4) is 0 Å². The van der Waals surface area contributed by atoms with Crippen LogP contribution in [0.1, 0.15) is 20.8 Å². The van der Waals surface area contributed by atoms with Crippen LogP contribution in [0.25, 0.3) is 0 Å². The average Bonchev–Trinajstić information content (AvgIpc) is 2.31. The number of carbonyl (C=O) groups excluding carboxylic acids is 3.